The van der Waals surface area contributed by atoms with Gasteiger partial charge in [-0.25, -0.2) is 0 Å². The van der Waals surface area contributed by atoms with Crippen molar-refractivity contribution in [3.8, 4) is 11.5 Å². The molecule has 3 aliphatic heterocycles. The predicted molar refractivity (Wildman–Crippen MR) is 116 cm³/mol. The zero-order chi connectivity index (χ0) is 21.2. The molecule has 8 heteroatoms. The van der Waals surface area contributed by atoms with E-state index in [1.165, 1.54) is 12.0 Å². The lowest BCUT2D eigenvalue weighted by molar-refractivity contribution is -0.134. The van der Waals surface area contributed by atoms with Gasteiger partial charge in [-0.05, 0) is 43.5 Å². The molecule has 1 aromatic carbocycles. The number of amides is 1. The normalized spacial score (nSPS) is 22.1. The van der Waals surface area contributed by atoms with Crippen LogP contribution in [0.4, 0.5) is 0 Å². The van der Waals surface area contributed by atoms with Crippen LogP contribution in [0.25, 0.3) is 0 Å². The minimum absolute atomic E-state index is 0.175. The van der Waals surface area contributed by atoms with E-state index in [2.05, 4.69) is 27.0 Å². The number of rotatable bonds is 5. The molecular weight excluding hydrogens is 394 g/mol. The van der Waals surface area contributed by atoms with Gasteiger partial charge in [-0.15, -0.1) is 0 Å². The zero-order valence-electron chi connectivity index (χ0n) is 18.2. The Balaban J connectivity index is 1.11. The highest BCUT2D eigenvalue weighted by Crippen LogP contribution is 2.33. The molecule has 0 spiro atoms. The smallest absolute Gasteiger partial charge is 0.244 e. The maximum absolute atomic E-state index is 12.8. The summed E-state index contributed by atoms with van der Waals surface area (Å²) < 4.78 is 12.7. The van der Waals surface area contributed by atoms with Crippen molar-refractivity contribution in [3.05, 3.63) is 41.7 Å². The Bertz CT molecular complexity index is 922. The van der Waals surface area contributed by atoms with Gasteiger partial charge in [-0.1, -0.05) is 6.07 Å². The Kier molecular flexibility index (Phi) is 5.82. The maximum Gasteiger partial charge on any atom is 0.244 e. The number of likely N-dealkylation sites (tertiary alicyclic amines) is 1. The van der Waals surface area contributed by atoms with E-state index in [0.29, 0.717) is 19.4 Å². The van der Waals surface area contributed by atoms with Crippen LogP contribution >= 0.6 is 0 Å². The Morgan fingerprint density at radius 3 is 2.74 bits per heavy atom. The van der Waals surface area contributed by atoms with E-state index < -0.39 is 0 Å². The number of carbonyl (C=O) groups excluding carboxylic acids is 1. The average molecular weight is 426 g/mol. The fourth-order valence-corrected chi connectivity index (χ4v) is 4.85. The molecule has 2 saturated heterocycles. The summed E-state index contributed by atoms with van der Waals surface area (Å²) in [4.78, 5) is 19.9. The monoisotopic (exact) mass is 425 g/mol. The molecule has 3 aliphatic rings. The molecule has 0 radical (unpaired) electrons. The first kappa shape index (κ1) is 20.3. The molecule has 1 amide bonds. The number of hydrogen-bond donors (Lipinski definition) is 0. The fraction of sp³-hybridized carbons (Fsp3) is 0.565. The molecule has 8 nitrogen and oxygen atoms in total. The minimum atomic E-state index is 0.175. The van der Waals surface area contributed by atoms with Gasteiger partial charge in [0.25, 0.3) is 0 Å². The SMILES string of the molecule is Cc1ccn(CC(=O)N2CCC[C@@H](N3CCN(Cc4ccc5c(c4)OCO5)CC3)C2)n1. The lowest BCUT2D eigenvalue weighted by Crippen LogP contribution is -2.55. The number of piperazine rings is 1. The highest BCUT2D eigenvalue weighted by Gasteiger charge is 2.30. The molecule has 0 bridgehead atoms. The van der Waals surface area contributed by atoms with Crippen LogP contribution in [0.2, 0.25) is 0 Å². The van der Waals surface area contributed by atoms with Crippen molar-refractivity contribution in [2.24, 2.45) is 0 Å². The van der Waals surface area contributed by atoms with Crippen molar-refractivity contribution >= 4 is 5.91 Å². The van der Waals surface area contributed by atoms with Crippen LogP contribution in [-0.4, -0.2) is 82.5 Å². The first-order chi connectivity index (χ1) is 15.1. The lowest BCUT2D eigenvalue weighted by Gasteiger charge is -2.43. The number of benzene rings is 1. The maximum atomic E-state index is 12.8. The summed E-state index contributed by atoms with van der Waals surface area (Å²) >= 11 is 0. The largest absolute Gasteiger partial charge is 0.454 e. The van der Waals surface area contributed by atoms with Crippen molar-refractivity contribution in [2.75, 3.05) is 46.1 Å². The van der Waals surface area contributed by atoms with E-state index in [-0.39, 0.29) is 5.91 Å². The van der Waals surface area contributed by atoms with Gasteiger partial charge in [0.15, 0.2) is 11.5 Å². The van der Waals surface area contributed by atoms with E-state index in [1.54, 1.807) is 4.68 Å². The van der Waals surface area contributed by atoms with Crippen LogP contribution in [-0.2, 0) is 17.9 Å². The number of ether oxygens (including phenoxy) is 2. The second-order valence-corrected chi connectivity index (χ2v) is 8.79. The molecule has 4 heterocycles. The number of nitrogens with zero attached hydrogens (tertiary/aromatic N) is 5. The van der Waals surface area contributed by atoms with Gasteiger partial charge in [0.2, 0.25) is 12.7 Å². The highest BCUT2D eigenvalue weighted by molar-refractivity contribution is 5.76. The first-order valence-corrected chi connectivity index (χ1v) is 11.3. The summed E-state index contributed by atoms with van der Waals surface area (Å²) in [5.41, 5.74) is 2.21. The molecule has 1 atom stereocenters. The number of aryl methyl sites for hydroxylation is 1. The van der Waals surface area contributed by atoms with Crippen molar-refractivity contribution < 1.29 is 14.3 Å². The number of piperidine rings is 1. The first-order valence-electron chi connectivity index (χ1n) is 11.3. The average Bonchev–Trinajstić information content (AvgIpc) is 3.42. The summed E-state index contributed by atoms with van der Waals surface area (Å²) in [5.74, 6) is 1.87. The van der Waals surface area contributed by atoms with Crippen LogP contribution < -0.4 is 9.47 Å². The van der Waals surface area contributed by atoms with E-state index in [9.17, 15) is 4.79 Å². The van der Waals surface area contributed by atoms with Crippen molar-refractivity contribution in [1.82, 2.24) is 24.5 Å². The van der Waals surface area contributed by atoms with Gasteiger partial charge in [0.1, 0.15) is 6.54 Å². The summed E-state index contributed by atoms with van der Waals surface area (Å²) in [6.45, 7) is 9.43. The molecule has 2 fully saturated rings. The Hall–Kier alpha value is -2.58. The van der Waals surface area contributed by atoms with Crippen LogP contribution in [0.1, 0.15) is 24.1 Å². The van der Waals surface area contributed by atoms with E-state index >= 15 is 0 Å². The lowest BCUT2D eigenvalue weighted by atomic mass is 10.0. The second kappa shape index (κ2) is 8.88. The van der Waals surface area contributed by atoms with Gasteiger partial charge in [-0.3, -0.25) is 19.3 Å². The van der Waals surface area contributed by atoms with E-state index in [1.807, 2.05) is 30.2 Å². The van der Waals surface area contributed by atoms with Crippen LogP contribution in [0.3, 0.4) is 0 Å². The molecule has 166 valence electrons. The number of aromatic nitrogens is 2. The fourth-order valence-electron chi connectivity index (χ4n) is 4.85. The van der Waals surface area contributed by atoms with Gasteiger partial charge in [0.05, 0.1) is 5.69 Å². The highest BCUT2D eigenvalue weighted by atomic mass is 16.7. The Morgan fingerprint density at radius 2 is 1.94 bits per heavy atom. The Morgan fingerprint density at radius 1 is 1.10 bits per heavy atom. The van der Waals surface area contributed by atoms with Crippen LogP contribution in [0, 0.1) is 6.92 Å². The van der Waals surface area contributed by atoms with Gasteiger partial charge < -0.3 is 14.4 Å². The Labute approximate surface area is 183 Å². The van der Waals surface area contributed by atoms with E-state index in [0.717, 1.165) is 69.4 Å². The predicted octanol–water partition coefficient (Wildman–Crippen LogP) is 1.73. The second-order valence-electron chi connectivity index (χ2n) is 8.79. The quantitative estimate of drug-likeness (QED) is 0.727. The van der Waals surface area contributed by atoms with Crippen molar-refractivity contribution in [2.45, 2.75) is 38.9 Å². The zero-order valence-corrected chi connectivity index (χ0v) is 18.2. The summed E-state index contributed by atoms with van der Waals surface area (Å²) in [7, 11) is 0. The van der Waals surface area contributed by atoms with Crippen LogP contribution in [0.5, 0.6) is 11.5 Å². The summed E-state index contributed by atoms with van der Waals surface area (Å²) in [6, 6.07) is 8.64. The molecule has 0 aliphatic carbocycles. The van der Waals surface area contributed by atoms with Gasteiger partial charge in [0, 0.05) is 58.1 Å². The van der Waals surface area contributed by atoms with Gasteiger partial charge >= 0.3 is 0 Å². The molecule has 1 aromatic heterocycles. The molecule has 2 aromatic rings. The number of fused-ring (bicyclic) bond motifs is 1. The molecular formula is C23H31N5O3. The summed E-state index contributed by atoms with van der Waals surface area (Å²) in [6.07, 6.45) is 4.13. The minimum Gasteiger partial charge on any atom is -0.454 e. The third kappa shape index (κ3) is 4.70. The topological polar surface area (TPSA) is 63.1 Å². The number of hydrogen-bond acceptors (Lipinski definition) is 6. The van der Waals surface area contributed by atoms with Crippen molar-refractivity contribution in [3.63, 3.8) is 0 Å². The molecule has 0 unspecified atom stereocenters. The number of carbonyl (C=O) groups is 1. The third-order valence-electron chi connectivity index (χ3n) is 6.59. The molecule has 0 N–H and O–H groups in total. The van der Waals surface area contributed by atoms with E-state index in [4.69, 9.17) is 9.47 Å². The van der Waals surface area contributed by atoms with Gasteiger partial charge in [-0.2, -0.15) is 5.10 Å². The molecule has 0 saturated carbocycles. The summed E-state index contributed by atoms with van der Waals surface area (Å²) in [5, 5.41) is 4.35. The third-order valence-corrected chi connectivity index (χ3v) is 6.59. The van der Waals surface area contributed by atoms with Crippen LogP contribution in [0.15, 0.2) is 30.5 Å². The molecule has 5 rings (SSSR count). The standard InChI is InChI=1S/C23H31N5O3/c1-18-6-8-28(24-18)16-23(29)27-7-2-3-20(15-27)26-11-9-25(10-12-26)14-19-4-5-21-22(13-19)31-17-30-21/h4-6,8,13,20H,2-3,7,9-12,14-17H2,1H3/t20-/m1/s1. The van der Waals surface area contributed by atoms with Crippen molar-refractivity contribution in [1.29, 1.82) is 0 Å². The molecule has 31 heavy (non-hydrogen) atoms.